The number of benzene rings is 3. The highest BCUT2D eigenvalue weighted by Gasteiger charge is 2.37. The molecule has 3 aromatic rings. The van der Waals surface area contributed by atoms with Crippen LogP contribution in [0.2, 0.25) is 0 Å². The largest absolute Gasteiger partial charge is 0.463 e. The fraction of sp³-hybridized carbons (Fsp3) is 0.258. The van der Waals surface area contributed by atoms with Gasteiger partial charge in [0.15, 0.2) is 0 Å². The van der Waals surface area contributed by atoms with Crippen LogP contribution in [0.1, 0.15) is 58.8 Å². The van der Waals surface area contributed by atoms with Crippen molar-refractivity contribution in [3.8, 4) is 0 Å². The van der Waals surface area contributed by atoms with E-state index >= 15 is 0 Å². The minimum absolute atomic E-state index is 0.0732. The molecule has 0 aromatic heterocycles. The molecule has 0 aliphatic carbocycles. The molecule has 0 saturated heterocycles. The molecule has 1 aliphatic rings. The van der Waals surface area contributed by atoms with Gasteiger partial charge in [-0.1, -0.05) is 72.3 Å². The van der Waals surface area contributed by atoms with Crippen molar-refractivity contribution in [2.75, 3.05) is 6.61 Å². The molecule has 1 heterocycles. The van der Waals surface area contributed by atoms with Crippen molar-refractivity contribution in [2.24, 2.45) is 0 Å². The third-order valence-electron chi connectivity index (χ3n) is 6.59. The number of aryl methyl sites for hydroxylation is 1. The van der Waals surface area contributed by atoms with Gasteiger partial charge in [0.05, 0.1) is 18.7 Å². The van der Waals surface area contributed by atoms with Crippen LogP contribution < -0.4 is 5.32 Å². The molecule has 0 saturated carbocycles. The van der Waals surface area contributed by atoms with E-state index in [2.05, 4.69) is 5.32 Å². The number of nitrogens with one attached hydrogen (secondary N) is 1. The van der Waals surface area contributed by atoms with Gasteiger partial charge >= 0.3 is 5.97 Å². The van der Waals surface area contributed by atoms with Crippen LogP contribution in [0, 0.1) is 6.92 Å². The predicted octanol–water partition coefficient (Wildman–Crippen LogP) is 5.28. The first-order valence-electron chi connectivity index (χ1n) is 12.5. The minimum atomic E-state index is -0.405. The van der Waals surface area contributed by atoms with Crippen LogP contribution in [0.3, 0.4) is 0 Å². The lowest BCUT2D eigenvalue weighted by Gasteiger charge is -2.34. The van der Waals surface area contributed by atoms with E-state index in [0.29, 0.717) is 23.4 Å². The molecule has 1 atom stereocenters. The number of ether oxygens (including phenoxy) is 1. The lowest BCUT2D eigenvalue weighted by atomic mass is 9.83. The lowest BCUT2D eigenvalue weighted by molar-refractivity contribution is -0.140. The van der Waals surface area contributed by atoms with E-state index in [1.54, 1.807) is 30.9 Å². The second kappa shape index (κ2) is 11.7. The standard InChI is InChI=1S/C31H32N2O4/c1-4-37-31(36)29-22(3)33(28(34)18-27(29)25-14-8-10-21(2)16-25)20-24-13-9-15-26(17-24)30(35)32-19-23-11-6-5-7-12-23/h5-17,27H,4,18-20H2,1-3H3,(H,32,35). The summed E-state index contributed by atoms with van der Waals surface area (Å²) in [6.07, 6.45) is 0.173. The van der Waals surface area contributed by atoms with Crippen molar-refractivity contribution in [1.29, 1.82) is 0 Å². The van der Waals surface area contributed by atoms with E-state index in [1.165, 1.54) is 0 Å². The topological polar surface area (TPSA) is 75.7 Å². The Morgan fingerprint density at radius 2 is 1.68 bits per heavy atom. The van der Waals surface area contributed by atoms with Gasteiger partial charge in [-0.05, 0) is 49.6 Å². The second-order valence-corrected chi connectivity index (χ2v) is 9.24. The normalized spacial score (nSPS) is 15.5. The lowest BCUT2D eigenvalue weighted by Crippen LogP contribution is -2.38. The van der Waals surface area contributed by atoms with Crippen LogP contribution in [0.15, 0.2) is 90.1 Å². The monoisotopic (exact) mass is 496 g/mol. The highest BCUT2D eigenvalue weighted by Crippen LogP contribution is 2.38. The Bertz CT molecular complexity index is 1330. The van der Waals surface area contributed by atoms with Gasteiger partial charge < -0.3 is 15.0 Å². The molecule has 3 aromatic carbocycles. The molecular formula is C31H32N2O4. The Hall–Kier alpha value is -4.19. The van der Waals surface area contributed by atoms with E-state index in [0.717, 1.165) is 22.3 Å². The zero-order valence-electron chi connectivity index (χ0n) is 21.5. The predicted molar refractivity (Wildman–Crippen MR) is 142 cm³/mol. The molecule has 0 radical (unpaired) electrons. The SMILES string of the molecule is CCOC(=O)C1=C(C)N(Cc2cccc(C(=O)NCc3ccccc3)c2)C(=O)CC1c1cccc(C)c1. The zero-order chi connectivity index (χ0) is 26.4. The summed E-state index contributed by atoms with van der Waals surface area (Å²) in [5, 5.41) is 2.94. The van der Waals surface area contributed by atoms with Crippen LogP contribution in [-0.4, -0.2) is 29.3 Å². The van der Waals surface area contributed by atoms with E-state index in [9.17, 15) is 14.4 Å². The van der Waals surface area contributed by atoms with Crippen molar-refractivity contribution in [2.45, 2.75) is 46.2 Å². The highest BCUT2D eigenvalue weighted by atomic mass is 16.5. The number of amides is 2. The number of carbonyl (C=O) groups excluding carboxylic acids is 3. The average Bonchev–Trinajstić information content (AvgIpc) is 2.90. The smallest absolute Gasteiger partial charge is 0.336 e. The molecule has 0 spiro atoms. The molecule has 6 nitrogen and oxygen atoms in total. The van der Waals surface area contributed by atoms with Crippen LogP contribution in [0.25, 0.3) is 0 Å². The third-order valence-corrected chi connectivity index (χ3v) is 6.59. The second-order valence-electron chi connectivity index (χ2n) is 9.24. The van der Waals surface area contributed by atoms with Crippen LogP contribution >= 0.6 is 0 Å². The maximum Gasteiger partial charge on any atom is 0.336 e. The van der Waals surface area contributed by atoms with Crippen molar-refractivity contribution in [1.82, 2.24) is 10.2 Å². The van der Waals surface area contributed by atoms with E-state index in [1.807, 2.05) is 73.7 Å². The van der Waals surface area contributed by atoms with Gasteiger partial charge in [0.2, 0.25) is 5.91 Å². The molecule has 1 aliphatic heterocycles. The van der Waals surface area contributed by atoms with Crippen LogP contribution in [0.5, 0.6) is 0 Å². The molecule has 0 bridgehead atoms. The average molecular weight is 497 g/mol. The van der Waals surface area contributed by atoms with Crippen molar-refractivity contribution in [3.05, 3.63) is 118 Å². The summed E-state index contributed by atoms with van der Waals surface area (Å²) in [7, 11) is 0. The van der Waals surface area contributed by atoms with Crippen LogP contribution in [-0.2, 0) is 27.4 Å². The summed E-state index contributed by atoms with van der Waals surface area (Å²) in [5.74, 6) is -1.03. The Morgan fingerprint density at radius 1 is 0.946 bits per heavy atom. The van der Waals surface area contributed by atoms with Gasteiger partial charge in [-0.15, -0.1) is 0 Å². The first kappa shape index (κ1) is 25.9. The number of allylic oxidation sites excluding steroid dienone is 1. The summed E-state index contributed by atoms with van der Waals surface area (Å²) < 4.78 is 5.39. The molecule has 6 heteroatoms. The maximum absolute atomic E-state index is 13.3. The summed E-state index contributed by atoms with van der Waals surface area (Å²) >= 11 is 0. The molecule has 1 N–H and O–H groups in total. The number of esters is 1. The number of carbonyl (C=O) groups is 3. The summed E-state index contributed by atoms with van der Waals surface area (Å²) in [6, 6.07) is 24.8. The fourth-order valence-corrected chi connectivity index (χ4v) is 4.72. The molecule has 4 rings (SSSR count). The molecule has 1 unspecified atom stereocenters. The first-order valence-corrected chi connectivity index (χ1v) is 12.5. The summed E-state index contributed by atoms with van der Waals surface area (Å²) in [4.78, 5) is 40.8. The van der Waals surface area contributed by atoms with Gasteiger partial charge in [0.25, 0.3) is 5.91 Å². The Balaban J connectivity index is 1.58. The van der Waals surface area contributed by atoms with Gasteiger partial charge in [-0.2, -0.15) is 0 Å². The van der Waals surface area contributed by atoms with Crippen molar-refractivity contribution in [3.63, 3.8) is 0 Å². The van der Waals surface area contributed by atoms with Crippen molar-refractivity contribution >= 4 is 17.8 Å². The van der Waals surface area contributed by atoms with E-state index in [-0.39, 0.29) is 37.3 Å². The third kappa shape index (κ3) is 6.15. The minimum Gasteiger partial charge on any atom is -0.463 e. The zero-order valence-corrected chi connectivity index (χ0v) is 21.5. The number of nitrogens with zero attached hydrogens (tertiary/aromatic N) is 1. The van der Waals surface area contributed by atoms with E-state index < -0.39 is 5.97 Å². The van der Waals surface area contributed by atoms with Gasteiger partial charge in [-0.3, -0.25) is 9.59 Å². The number of hydrogen-bond acceptors (Lipinski definition) is 4. The first-order chi connectivity index (χ1) is 17.9. The van der Waals surface area contributed by atoms with Gasteiger partial charge in [-0.25, -0.2) is 4.79 Å². The van der Waals surface area contributed by atoms with E-state index in [4.69, 9.17) is 4.74 Å². The molecule has 0 fully saturated rings. The van der Waals surface area contributed by atoms with Gasteiger partial charge in [0, 0.05) is 30.1 Å². The number of hydrogen-bond donors (Lipinski definition) is 1. The maximum atomic E-state index is 13.3. The highest BCUT2D eigenvalue weighted by molar-refractivity contribution is 5.96. The van der Waals surface area contributed by atoms with Crippen LogP contribution in [0.4, 0.5) is 0 Å². The quantitative estimate of drug-likeness (QED) is 0.431. The summed E-state index contributed by atoms with van der Waals surface area (Å²) in [6.45, 7) is 6.50. The van der Waals surface area contributed by atoms with Gasteiger partial charge in [0.1, 0.15) is 0 Å². The fourth-order valence-electron chi connectivity index (χ4n) is 4.72. The Kier molecular flexibility index (Phi) is 8.18. The molecular weight excluding hydrogens is 464 g/mol. The molecule has 2 amide bonds. The Labute approximate surface area is 218 Å². The molecule has 190 valence electrons. The number of rotatable bonds is 8. The molecule has 37 heavy (non-hydrogen) atoms. The summed E-state index contributed by atoms with van der Waals surface area (Å²) in [5.41, 5.74) is 5.41. The Morgan fingerprint density at radius 3 is 2.41 bits per heavy atom. The van der Waals surface area contributed by atoms with Crippen molar-refractivity contribution < 1.29 is 19.1 Å².